The summed E-state index contributed by atoms with van der Waals surface area (Å²) in [6.07, 6.45) is 1.07. The molecule has 0 atom stereocenters. The number of aryl methyl sites for hydroxylation is 1. The van der Waals surface area contributed by atoms with Gasteiger partial charge in [-0.05, 0) is 6.42 Å². The van der Waals surface area contributed by atoms with Gasteiger partial charge in [-0.25, -0.2) is 4.68 Å². The van der Waals surface area contributed by atoms with E-state index in [1.165, 1.54) is 0 Å². The van der Waals surface area contributed by atoms with Crippen molar-refractivity contribution in [2.45, 2.75) is 13.3 Å². The van der Waals surface area contributed by atoms with Crippen molar-refractivity contribution in [3.8, 4) is 11.4 Å². The predicted octanol–water partition coefficient (Wildman–Crippen LogP) is 2.30. The number of aromatic nitrogens is 3. The quantitative estimate of drug-likeness (QED) is 0.852. The molecular weight excluding hydrogens is 200 g/mol. The van der Waals surface area contributed by atoms with Crippen LogP contribution < -0.4 is 5.32 Å². The lowest BCUT2D eigenvalue weighted by molar-refractivity contribution is 0.774. The van der Waals surface area contributed by atoms with Crippen molar-refractivity contribution in [3.05, 3.63) is 30.3 Å². The van der Waals surface area contributed by atoms with Crippen molar-refractivity contribution in [2.24, 2.45) is 7.05 Å². The molecule has 0 amide bonds. The van der Waals surface area contributed by atoms with Crippen molar-refractivity contribution >= 4 is 5.95 Å². The molecule has 0 aliphatic carbocycles. The maximum atomic E-state index is 4.46. The van der Waals surface area contributed by atoms with E-state index in [9.17, 15) is 0 Å². The van der Waals surface area contributed by atoms with E-state index in [4.69, 9.17) is 0 Å². The normalized spacial score (nSPS) is 10.4. The molecular formula is C12H16N4. The highest BCUT2D eigenvalue weighted by molar-refractivity contribution is 5.56. The molecule has 0 saturated carbocycles. The SMILES string of the molecule is CCCNc1nc(-c2ccccc2)n(C)n1. The molecule has 2 rings (SSSR count). The van der Waals surface area contributed by atoms with Gasteiger partial charge in [0.25, 0.3) is 0 Å². The number of hydrogen-bond acceptors (Lipinski definition) is 3. The van der Waals surface area contributed by atoms with Crippen molar-refractivity contribution in [1.29, 1.82) is 0 Å². The van der Waals surface area contributed by atoms with Gasteiger partial charge in [-0.15, -0.1) is 5.10 Å². The van der Waals surface area contributed by atoms with Crippen LogP contribution in [0.4, 0.5) is 5.95 Å². The molecule has 1 aromatic heterocycles. The molecule has 1 aromatic carbocycles. The lowest BCUT2D eigenvalue weighted by Crippen LogP contribution is -2.01. The van der Waals surface area contributed by atoms with Crippen molar-refractivity contribution in [3.63, 3.8) is 0 Å². The maximum Gasteiger partial charge on any atom is 0.242 e. The predicted molar refractivity (Wildman–Crippen MR) is 65.2 cm³/mol. The Balaban J connectivity index is 2.25. The summed E-state index contributed by atoms with van der Waals surface area (Å²) in [5.74, 6) is 1.59. The minimum absolute atomic E-state index is 0.697. The molecule has 0 aliphatic rings. The first-order valence-corrected chi connectivity index (χ1v) is 5.51. The van der Waals surface area contributed by atoms with Gasteiger partial charge in [-0.2, -0.15) is 4.98 Å². The van der Waals surface area contributed by atoms with Gasteiger partial charge in [0.1, 0.15) is 0 Å². The fourth-order valence-corrected chi connectivity index (χ4v) is 1.53. The Morgan fingerprint density at radius 1 is 1.25 bits per heavy atom. The molecule has 0 aliphatic heterocycles. The standard InChI is InChI=1S/C12H16N4/c1-3-9-13-12-14-11(16(2)15-12)10-7-5-4-6-8-10/h4-8H,3,9H2,1-2H3,(H,13,15). The van der Waals surface area contributed by atoms with Crippen LogP contribution in [0.25, 0.3) is 11.4 Å². The van der Waals surface area contributed by atoms with Crippen LogP contribution in [0.1, 0.15) is 13.3 Å². The second-order valence-corrected chi connectivity index (χ2v) is 3.68. The van der Waals surface area contributed by atoms with Crippen LogP contribution >= 0.6 is 0 Å². The number of benzene rings is 1. The van der Waals surface area contributed by atoms with Crippen LogP contribution in [0.2, 0.25) is 0 Å². The largest absolute Gasteiger partial charge is 0.353 e. The Morgan fingerprint density at radius 3 is 2.69 bits per heavy atom. The monoisotopic (exact) mass is 216 g/mol. The van der Waals surface area contributed by atoms with E-state index >= 15 is 0 Å². The van der Waals surface area contributed by atoms with Crippen molar-refractivity contribution < 1.29 is 0 Å². The van der Waals surface area contributed by atoms with E-state index in [2.05, 4.69) is 22.3 Å². The number of rotatable bonds is 4. The number of hydrogen-bond donors (Lipinski definition) is 1. The fraction of sp³-hybridized carbons (Fsp3) is 0.333. The van der Waals surface area contributed by atoms with Gasteiger partial charge in [0, 0.05) is 19.2 Å². The minimum atomic E-state index is 0.697. The van der Waals surface area contributed by atoms with Crippen LogP contribution in [-0.2, 0) is 7.05 Å². The summed E-state index contributed by atoms with van der Waals surface area (Å²) in [6.45, 7) is 3.02. The molecule has 4 heteroatoms. The van der Waals surface area contributed by atoms with E-state index in [0.717, 1.165) is 24.4 Å². The Kier molecular flexibility index (Phi) is 3.19. The van der Waals surface area contributed by atoms with E-state index in [-0.39, 0.29) is 0 Å². The van der Waals surface area contributed by atoms with E-state index in [0.29, 0.717) is 5.95 Å². The highest BCUT2D eigenvalue weighted by atomic mass is 15.4. The molecule has 4 nitrogen and oxygen atoms in total. The number of nitrogens with zero attached hydrogens (tertiary/aromatic N) is 3. The molecule has 0 radical (unpaired) electrons. The molecule has 2 aromatic rings. The van der Waals surface area contributed by atoms with Gasteiger partial charge >= 0.3 is 0 Å². The Hall–Kier alpha value is -1.84. The third kappa shape index (κ3) is 2.21. The third-order valence-corrected chi connectivity index (χ3v) is 2.33. The van der Waals surface area contributed by atoms with Crippen molar-refractivity contribution in [1.82, 2.24) is 14.8 Å². The van der Waals surface area contributed by atoms with E-state index < -0.39 is 0 Å². The highest BCUT2D eigenvalue weighted by Crippen LogP contribution is 2.17. The van der Waals surface area contributed by atoms with Gasteiger partial charge in [-0.3, -0.25) is 0 Å². The van der Waals surface area contributed by atoms with Crippen LogP contribution in [-0.4, -0.2) is 21.3 Å². The lowest BCUT2D eigenvalue weighted by Gasteiger charge is -1.97. The van der Waals surface area contributed by atoms with Gasteiger partial charge in [0.15, 0.2) is 5.82 Å². The van der Waals surface area contributed by atoms with E-state index in [1.807, 2.05) is 37.4 Å². The van der Waals surface area contributed by atoms with Gasteiger partial charge < -0.3 is 5.32 Å². The first-order chi connectivity index (χ1) is 7.81. The first kappa shape index (κ1) is 10.7. The van der Waals surface area contributed by atoms with Gasteiger partial charge in [0.2, 0.25) is 5.95 Å². The van der Waals surface area contributed by atoms with Crippen LogP contribution in [0.5, 0.6) is 0 Å². The fourth-order valence-electron chi connectivity index (χ4n) is 1.53. The van der Waals surface area contributed by atoms with Crippen molar-refractivity contribution in [2.75, 3.05) is 11.9 Å². The molecule has 1 heterocycles. The zero-order valence-electron chi connectivity index (χ0n) is 9.64. The molecule has 0 unspecified atom stereocenters. The summed E-state index contributed by atoms with van der Waals surface area (Å²) in [7, 11) is 1.91. The summed E-state index contributed by atoms with van der Waals surface area (Å²) < 4.78 is 1.80. The molecule has 0 saturated heterocycles. The minimum Gasteiger partial charge on any atom is -0.353 e. The Labute approximate surface area is 95.3 Å². The van der Waals surface area contributed by atoms with E-state index in [1.54, 1.807) is 4.68 Å². The summed E-state index contributed by atoms with van der Waals surface area (Å²) >= 11 is 0. The third-order valence-electron chi connectivity index (χ3n) is 2.33. The summed E-state index contributed by atoms with van der Waals surface area (Å²) in [5.41, 5.74) is 1.09. The average Bonchev–Trinajstić information content (AvgIpc) is 2.69. The average molecular weight is 216 g/mol. The van der Waals surface area contributed by atoms with Crippen LogP contribution in [0, 0.1) is 0 Å². The highest BCUT2D eigenvalue weighted by Gasteiger charge is 2.07. The van der Waals surface area contributed by atoms with Gasteiger partial charge in [0.05, 0.1) is 0 Å². The summed E-state index contributed by atoms with van der Waals surface area (Å²) in [6, 6.07) is 10.1. The number of nitrogens with one attached hydrogen (secondary N) is 1. The zero-order chi connectivity index (χ0) is 11.4. The molecule has 0 spiro atoms. The number of anilines is 1. The summed E-state index contributed by atoms with van der Waals surface area (Å²) in [4.78, 5) is 4.46. The van der Waals surface area contributed by atoms with Crippen LogP contribution in [0.3, 0.4) is 0 Å². The first-order valence-electron chi connectivity index (χ1n) is 5.51. The zero-order valence-corrected chi connectivity index (χ0v) is 9.64. The van der Waals surface area contributed by atoms with Crippen LogP contribution in [0.15, 0.2) is 30.3 Å². The molecule has 0 fully saturated rings. The molecule has 84 valence electrons. The second-order valence-electron chi connectivity index (χ2n) is 3.68. The molecule has 16 heavy (non-hydrogen) atoms. The molecule has 0 bridgehead atoms. The molecule has 1 N–H and O–H groups in total. The Morgan fingerprint density at radius 2 is 2.00 bits per heavy atom. The lowest BCUT2D eigenvalue weighted by atomic mass is 10.2. The van der Waals surface area contributed by atoms with Gasteiger partial charge in [-0.1, -0.05) is 37.3 Å². The maximum absolute atomic E-state index is 4.46. The Bertz CT molecular complexity index is 447. The smallest absolute Gasteiger partial charge is 0.242 e. The second kappa shape index (κ2) is 4.79. The summed E-state index contributed by atoms with van der Waals surface area (Å²) in [5, 5.41) is 7.50. The topological polar surface area (TPSA) is 42.7 Å².